The van der Waals surface area contributed by atoms with Gasteiger partial charge in [0.1, 0.15) is 0 Å². The van der Waals surface area contributed by atoms with Crippen molar-refractivity contribution in [2.75, 3.05) is 0 Å². The Labute approximate surface area is 114 Å². The highest BCUT2D eigenvalue weighted by atomic mass is 14.1. The topological polar surface area (TPSA) is 0 Å². The molecule has 0 heterocycles. The van der Waals surface area contributed by atoms with E-state index in [2.05, 4.69) is 59.7 Å². The Hall–Kier alpha value is -0.780. The van der Waals surface area contributed by atoms with Gasteiger partial charge >= 0.3 is 0 Å². The third-order valence-corrected chi connectivity index (χ3v) is 3.05. The predicted molar refractivity (Wildman–Crippen MR) is 80.9 cm³/mol. The summed E-state index contributed by atoms with van der Waals surface area (Å²) in [5.74, 6) is 2.14. The molecule has 0 aliphatic heterocycles. The van der Waals surface area contributed by atoms with Crippen LogP contribution >= 0.6 is 0 Å². The molecule has 0 amide bonds. The van der Waals surface area contributed by atoms with Crippen molar-refractivity contribution in [2.24, 2.45) is 17.8 Å². The van der Waals surface area contributed by atoms with Crippen molar-refractivity contribution in [1.29, 1.82) is 0 Å². The molecule has 18 heavy (non-hydrogen) atoms. The number of hydrogen-bond acceptors (Lipinski definition) is 0. The van der Waals surface area contributed by atoms with Gasteiger partial charge in [0.05, 0.1) is 0 Å². The van der Waals surface area contributed by atoms with E-state index in [1.165, 1.54) is 23.1 Å². The summed E-state index contributed by atoms with van der Waals surface area (Å²) < 4.78 is 0. The molecule has 0 aliphatic rings. The molecule has 0 bridgehead atoms. The summed E-state index contributed by atoms with van der Waals surface area (Å²) >= 11 is 0. The van der Waals surface area contributed by atoms with Crippen LogP contribution in [0.3, 0.4) is 0 Å². The SMILES string of the molecule is CC(C)Cc1[c]c(CC(C)C)c(CC(C)C)cc1. The van der Waals surface area contributed by atoms with Crippen LogP contribution < -0.4 is 0 Å². The molecule has 1 aromatic rings. The van der Waals surface area contributed by atoms with Crippen LogP contribution in [0.15, 0.2) is 12.1 Å². The summed E-state index contributed by atoms with van der Waals surface area (Å²) in [6.07, 6.45) is 3.49. The van der Waals surface area contributed by atoms with E-state index in [4.69, 9.17) is 0 Å². The van der Waals surface area contributed by atoms with Gasteiger partial charge in [-0.15, -0.1) is 0 Å². The summed E-state index contributed by atoms with van der Waals surface area (Å²) in [5.41, 5.74) is 4.34. The third-order valence-electron chi connectivity index (χ3n) is 3.05. The Balaban J connectivity index is 2.96. The second-order valence-corrected chi connectivity index (χ2v) is 6.78. The van der Waals surface area contributed by atoms with Crippen LogP contribution in [0.1, 0.15) is 58.2 Å². The minimum atomic E-state index is 0.710. The molecule has 0 atom stereocenters. The first-order valence-corrected chi connectivity index (χ1v) is 7.41. The van der Waals surface area contributed by atoms with E-state index in [1.54, 1.807) is 0 Å². The summed E-state index contributed by atoms with van der Waals surface area (Å²) in [5, 5.41) is 0. The molecular formula is C18H29. The minimum absolute atomic E-state index is 0.710. The molecule has 0 heteroatoms. The maximum absolute atomic E-state index is 3.68. The molecule has 101 valence electrons. The van der Waals surface area contributed by atoms with Gasteiger partial charge in [0.25, 0.3) is 0 Å². The molecule has 0 saturated carbocycles. The molecule has 1 radical (unpaired) electrons. The normalized spacial score (nSPS) is 11.8. The first kappa shape index (κ1) is 15.3. The van der Waals surface area contributed by atoms with Crippen LogP contribution in [0.25, 0.3) is 0 Å². The first-order chi connectivity index (χ1) is 8.38. The fraction of sp³-hybridized carbons (Fsp3) is 0.667. The Kier molecular flexibility index (Phi) is 5.91. The zero-order valence-corrected chi connectivity index (χ0v) is 13.0. The zero-order valence-electron chi connectivity index (χ0n) is 13.0. The molecule has 0 N–H and O–H groups in total. The maximum Gasteiger partial charge on any atom is -0.0111 e. The van der Waals surface area contributed by atoms with Gasteiger partial charge in [0, 0.05) is 0 Å². The van der Waals surface area contributed by atoms with E-state index in [0.717, 1.165) is 18.8 Å². The van der Waals surface area contributed by atoms with E-state index >= 15 is 0 Å². The Bertz CT molecular complexity index is 358. The van der Waals surface area contributed by atoms with Crippen LogP contribution in [0.4, 0.5) is 0 Å². The quantitative estimate of drug-likeness (QED) is 0.655. The second kappa shape index (κ2) is 6.97. The van der Waals surface area contributed by atoms with Crippen molar-refractivity contribution >= 4 is 0 Å². The smallest absolute Gasteiger partial charge is 0.0111 e. The largest absolute Gasteiger partial charge is 0.0625 e. The molecule has 1 rings (SSSR count). The van der Waals surface area contributed by atoms with Crippen molar-refractivity contribution in [2.45, 2.75) is 60.8 Å². The summed E-state index contributed by atoms with van der Waals surface area (Å²) in [6, 6.07) is 8.30. The average Bonchev–Trinajstić information content (AvgIpc) is 2.19. The Morgan fingerprint density at radius 3 is 1.83 bits per heavy atom. The highest BCUT2D eigenvalue weighted by molar-refractivity contribution is 5.32. The molecular weight excluding hydrogens is 216 g/mol. The first-order valence-electron chi connectivity index (χ1n) is 7.41. The Morgan fingerprint density at radius 2 is 1.33 bits per heavy atom. The molecule has 0 aliphatic carbocycles. The fourth-order valence-electron chi connectivity index (χ4n) is 2.40. The lowest BCUT2D eigenvalue weighted by Crippen LogP contribution is -2.05. The van der Waals surface area contributed by atoms with Gasteiger partial charge in [-0.3, -0.25) is 0 Å². The lowest BCUT2D eigenvalue weighted by atomic mass is 9.90. The van der Waals surface area contributed by atoms with Crippen LogP contribution in [-0.4, -0.2) is 0 Å². The average molecular weight is 245 g/mol. The van der Waals surface area contributed by atoms with Gasteiger partial charge in [-0.05, 0) is 59.8 Å². The number of benzene rings is 1. The molecule has 0 unspecified atom stereocenters. The summed E-state index contributed by atoms with van der Waals surface area (Å²) in [4.78, 5) is 0. The standard InChI is InChI=1S/C18H29/c1-13(2)9-16-7-8-17(10-14(3)4)18(12-16)11-15(5)6/h7-8,13-15H,9-11H2,1-6H3. The van der Waals surface area contributed by atoms with Crippen molar-refractivity contribution in [1.82, 2.24) is 0 Å². The number of hydrogen-bond donors (Lipinski definition) is 0. The number of rotatable bonds is 6. The van der Waals surface area contributed by atoms with Crippen LogP contribution in [0, 0.1) is 23.8 Å². The maximum atomic E-state index is 3.68. The fourth-order valence-corrected chi connectivity index (χ4v) is 2.40. The van der Waals surface area contributed by atoms with Crippen LogP contribution in [-0.2, 0) is 19.3 Å². The second-order valence-electron chi connectivity index (χ2n) is 6.78. The van der Waals surface area contributed by atoms with E-state index < -0.39 is 0 Å². The van der Waals surface area contributed by atoms with E-state index in [-0.39, 0.29) is 0 Å². The van der Waals surface area contributed by atoms with Gasteiger partial charge in [0.15, 0.2) is 0 Å². The van der Waals surface area contributed by atoms with E-state index in [0.29, 0.717) is 11.8 Å². The molecule has 0 aromatic heterocycles. The van der Waals surface area contributed by atoms with E-state index in [1.807, 2.05) is 0 Å². The molecule has 0 fully saturated rings. The molecule has 0 spiro atoms. The van der Waals surface area contributed by atoms with Gasteiger partial charge in [-0.2, -0.15) is 0 Å². The summed E-state index contributed by atoms with van der Waals surface area (Å²) in [6.45, 7) is 13.7. The van der Waals surface area contributed by atoms with E-state index in [9.17, 15) is 0 Å². The molecule has 1 aromatic carbocycles. The van der Waals surface area contributed by atoms with Gasteiger partial charge in [-0.1, -0.05) is 53.7 Å². The van der Waals surface area contributed by atoms with Crippen molar-refractivity contribution in [3.05, 3.63) is 34.9 Å². The third kappa shape index (κ3) is 5.25. The molecule has 0 saturated heterocycles. The van der Waals surface area contributed by atoms with Crippen molar-refractivity contribution in [3.8, 4) is 0 Å². The van der Waals surface area contributed by atoms with Gasteiger partial charge in [-0.25, -0.2) is 0 Å². The monoisotopic (exact) mass is 245 g/mol. The van der Waals surface area contributed by atoms with Crippen LogP contribution in [0.5, 0.6) is 0 Å². The molecule has 0 nitrogen and oxygen atoms in total. The van der Waals surface area contributed by atoms with Gasteiger partial charge in [0.2, 0.25) is 0 Å². The Morgan fingerprint density at radius 1 is 0.778 bits per heavy atom. The minimum Gasteiger partial charge on any atom is -0.0625 e. The highest BCUT2D eigenvalue weighted by Crippen LogP contribution is 2.20. The highest BCUT2D eigenvalue weighted by Gasteiger charge is 2.09. The van der Waals surface area contributed by atoms with Crippen molar-refractivity contribution in [3.63, 3.8) is 0 Å². The van der Waals surface area contributed by atoms with Gasteiger partial charge < -0.3 is 0 Å². The summed E-state index contributed by atoms with van der Waals surface area (Å²) in [7, 11) is 0. The predicted octanol–water partition coefficient (Wildman–Crippen LogP) is 5.08. The lowest BCUT2D eigenvalue weighted by Gasteiger charge is -2.15. The van der Waals surface area contributed by atoms with Crippen LogP contribution in [0.2, 0.25) is 0 Å². The van der Waals surface area contributed by atoms with Crippen molar-refractivity contribution < 1.29 is 0 Å². The lowest BCUT2D eigenvalue weighted by molar-refractivity contribution is 0.610. The zero-order chi connectivity index (χ0) is 13.7.